The lowest BCUT2D eigenvalue weighted by atomic mass is 10.00. The Bertz CT molecular complexity index is 787. The van der Waals surface area contributed by atoms with Crippen molar-refractivity contribution in [1.29, 1.82) is 0 Å². The average Bonchev–Trinajstić information content (AvgIpc) is 2.55. The van der Waals surface area contributed by atoms with Crippen LogP contribution in [0.1, 0.15) is 27.0 Å². The van der Waals surface area contributed by atoms with Crippen LogP contribution in [0.4, 0.5) is 0 Å². The molecule has 0 aliphatic carbocycles. The Morgan fingerprint density at radius 1 is 1.04 bits per heavy atom. The van der Waals surface area contributed by atoms with E-state index < -0.39 is 0 Å². The maximum Gasteiger partial charge on any atom is 0.185 e. The van der Waals surface area contributed by atoms with Gasteiger partial charge >= 0.3 is 0 Å². The van der Waals surface area contributed by atoms with Gasteiger partial charge in [-0.25, -0.2) is 0 Å². The second kappa shape index (κ2) is 10.5. The van der Waals surface area contributed by atoms with Crippen molar-refractivity contribution in [2.45, 2.75) is 13.1 Å². The van der Waals surface area contributed by atoms with Crippen LogP contribution in [0.2, 0.25) is 5.02 Å². The number of hydrogen-bond acceptors (Lipinski definition) is 4. The SMILES string of the molecule is CN(C)Cc1cc(C(=O)C=Cc2cccc(Cl)c2)cc(CN(C)C)c1O.Cl. The van der Waals surface area contributed by atoms with E-state index in [0.717, 1.165) is 16.7 Å². The van der Waals surface area contributed by atoms with Gasteiger partial charge in [0, 0.05) is 34.8 Å². The first kappa shape index (κ1) is 23.2. The molecule has 146 valence electrons. The fourth-order valence-corrected chi connectivity index (χ4v) is 2.90. The molecule has 2 rings (SSSR count). The summed E-state index contributed by atoms with van der Waals surface area (Å²) in [6.45, 7) is 1.12. The molecule has 0 atom stereocenters. The average molecular weight is 409 g/mol. The number of rotatable bonds is 7. The lowest BCUT2D eigenvalue weighted by Gasteiger charge is -2.17. The first-order chi connectivity index (χ1) is 12.3. The Morgan fingerprint density at radius 2 is 1.59 bits per heavy atom. The lowest BCUT2D eigenvalue weighted by molar-refractivity contribution is 0.104. The van der Waals surface area contributed by atoms with Gasteiger partial charge in [0.1, 0.15) is 5.75 Å². The third-order valence-corrected chi connectivity index (χ3v) is 4.04. The number of carbonyl (C=O) groups is 1. The molecule has 2 aromatic rings. The summed E-state index contributed by atoms with van der Waals surface area (Å²) >= 11 is 5.98. The summed E-state index contributed by atoms with van der Waals surface area (Å²) in [5, 5.41) is 11.2. The second-order valence-corrected chi connectivity index (χ2v) is 7.31. The highest BCUT2D eigenvalue weighted by Gasteiger charge is 2.14. The first-order valence-electron chi connectivity index (χ1n) is 8.38. The molecule has 0 saturated heterocycles. The van der Waals surface area contributed by atoms with Gasteiger partial charge in [0.2, 0.25) is 0 Å². The topological polar surface area (TPSA) is 43.8 Å². The van der Waals surface area contributed by atoms with Gasteiger partial charge in [-0.2, -0.15) is 0 Å². The third-order valence-electron chi connectivity index (χ3n) is 3.80. The van der Waals surface area contributed by atoms with Crippen molar-refractivity contribution in [2.75, 3.05) is 28.2 Å². The maximum atomic E-state index is 12.7. The molecule has 0 saturated carbocycles. The summed E-state index contributed by atoms with van der Waals surface area (Å²) in [4.78, 5) is 16.6. The van der Waals surface area contributed by atoms with Crippen molar-refractivity contribution in [3.05, 3.63) is 69.8 Å². The van der Waals surface area contributed by atoms with Crippen LogP contribution in [0, 0.1) is 0 Å². The smallest absolute Gasteiger partial charge is 0.185 e. The van der Waals surface area contributed by atoms with Crippen LogP contribution in [0.15, 0.2) is 42.5 Å². The molecule has 0 spiro atoms. The Kier molecular flexibility index (Phi) is 9.00. The lowest BCUT2D eigenvalue weighted by Crippen LogP contribution is -2.15. The van der Waals surface area contributed by atoms with Gasteiger partial charge in [-0.15, -0.1) is 12.4 Å². The summed E-state index contributed by atoms with van der Waals surface area (Å²) in [5.41, 5.74) is 2.92. The number of benzene rings is 2. The molecule has 4 nitrogen and oxygen atoms in total. The first-order valence-corrected chi connectivity index (χ1v) is 8.76. The van der Waals surface area contributed by atoms with E-state index in [1.54, 1.807) is 30.3 Å². The zero-order valence-corrected chi connectivity index (χ0v) is 17.6. The molecule has 0 heterocycles. The second-order valence-electron chi connectivity index (χ2n) is 6.87. The highest BCUT2D eigenvalue weighted by Crippen LogP contribution is 2.27. The highest BCUT2D eigenvalue weighted by atomic mass is 35.5. The third kappa shape index (κ3) is 7.00. The van der Waals surface area contributed by atoms with Gasteiger partial charge in [0.05, 0.1) is 0 Å². The molecule has 0 bridgehead atoms. The quantitative estimate of drug-likeness (QED) is 0.541. The molecule has 27 heavy (non-hydrogen) atoms. The van der Waals surface area contributed by atoms with Crippen molar-refractivity contribution in [2.24, 2.45) is 0 Å². The highest BCUT2D eigenvalue weighted by molar-refractivity contribution is 6.30. The fraction of sp³-hybridized carbons (Fsp3) is 0.286. The van der Waals surface area contributed by atoms with Crippen molar-refractivity contribution < 1.29 is 9.90 Å². The maximum absolute atomic E-state index is 12.7. The number of hydrogen-bond donors (Lipinski definition) is 1. The molecular formula is C21H26Cl2N2O2. The predicted molar refractivity (Wildman–Crippen MR) is 115 cm³/mol. The molecule has 0 aliphatic rings. The normalized spacial score (nSPS) is 11.2. The van der Waals surface area contributed by atoms with Crippen molar-refractivity contribution in [3.63, 3.8) is 0 Å². The largest absolute Gasteiger partial charge is 0.507 e. The van der Waals surface area contributed by atoms with Crippen LogP contribution < -0.4 is 0 Å². The van der Waals surface area contributed by atoms with E-state index in [4.69, 9.17) is 11.6 Å². The van der Waals surface area contributed by atoms with E-state index in [0.29, 0.717) is 23.7 Å². The Balaban J connectivity index is 0.00000364. The molecule has 2 aromatic carbocycles. The number of ketones is 1. The van der Waals surface area contributed by atoms with Crippen molar-refractivity contribution in [1.82, 2.24) is 9.80 Å². The number of carbonyl (C=O) groups excluding carboxylic acids is 1. The summed E-state index contributed by atoms with van der Waals surface area (Å²) in [6.07, 6.45) is 3.29. The van der Waals surface area contributed by atoms with E-state index in [1.807, 2.05) is 50.1 Å². The van der Waals surface area contributed by atoms with Crippen LogP contribution in [-0.2, 0) is 13.1 Å². The van der Waals surface area contributed by atoms with Crippen molar-refractivity contribution >= 4 is 35.9 Å². The number of nitrogens with zero attached hydrogens (tertiary/aromatic N) is 2. The molecule has 0 aromatic heterocycles. The van der Waals surface area contributed by atoms with Gasteiger partial charge in [-0.05, 0) is 64.1 Å². The number of allylic oxidation sites excluding steroid dienone is 1. The zero-order valence-electron chi connectivity index (χ0n) is 16.1. The van der Waals surface area contributed by atoms with Crippen molar-refractivity contribution in [3.8, 4) is 5.75 Å². The van der Waals surface area contributed by atoms with Crippen LogP contribution in [-0.4, -0.2) is 48.9 Å². The number of phenols is 1. The number of halogens is 2. The number of aromatic hydroxyl groups is 1. The van der Waals surface area contributed by atoms with Crippen LogP contribution >= 0.6 is 24.0 Å². The van der Waals surface area contributed by atoms with E-state index in [-0.39, 0.29) is 23.9 Å². The summed E-state index contributed by atoms with van der Waals surface area (Å²) in [6, 6.07) is 10.9. The van der Waals surface area contributed by atoms with Crippen LogP contribution in [0.25, 0.3) is 6.08 Å². The standard InChI is InChI=1S/C21H25ClN2O2.ClH/c1-23(2)13-17-11-16(12-18(21(17)26)14-24(3)4)20(25)9-8-15-6-5-7-19(22)10-15;/h5-12,26H,13-14H2,1-4H3;1H. The zero-order chi connectivity index (χ0) is 19.3. The summed E-state index contributed by atoms with van der Waals surface area (Å²) < 4.78 is 0. The molecule has 0 amide bonds. The van der Waals surface area contributed by atoms with Gasteiger partial charge in [-0.1, -0.05) is 29.8 Å². The molecule has 6 heteroatoms. The van der Waals surface area contributed by atoms with Gasteiger partial charge < -0.3 is 14.9 Å². The minimum atomic E-state index is -0.106. The summed E-state index contributed by atoms with van der Waals surface area (Å²) in [7, 11) is 7.72. The van der Waals surface area contributed by atoms with E-state index in [2.05, 4.69) is 0 Å². The number of phenolic OH excluding ortho intramolecular Hbond substituents is 1. The Morgan fingerprint density at radius 3 is 2.07 bits per heavy atom. The summed E-state index contributed by atoms with van der Waals surface area (Å²) in [5.74, 6) is 0.146. The Hall–Kier alpha value is -1.85. The molecule has 0 aliphatic heterocycles. The molecule has 0 unspecified atom stereocenters. The Labute approximate surface area is 172 Å². The van der Waals surface area contributed by atoms with Gasteiger partial charge in [0.25, 0.3) is 0 Å². The molecule has 1 N–H and O–H groups in total. The minimum absolute atomic E-state index is 0. The van der Waals surface area contributed by atoms with Crippen LogP contribution in [0.3, 0.4) is 0 Å². The monoisotopic (exact) mass is 408 g/mol. The fourth-order valence-electron chi connectivity index (χ4n) is 2.70. The van der Waals surface area contributed by atoms with Gasteiger partial charge in [-0.3, -0.25) is 4.79 Å². The van der Waals surface area contributed by atoms with E-state index >= 15 is 0 Å². The molecule has 0 fully saturated rings. The van der Waals surface area contributed by atoms with E-state index in [9.17, 15) is 9.90 Å². The predicted octanol–water partition coefficient (Wildman–Crippen LogP) is 4.49. The van der Waals surface area contributed by atoms with Crippen LogP contribution in [0.5, 0.6) is 5.75 Å². The molecular weight excluding hydrogens is 383 g/mol. The molecule has 0 radical (unpaired) electrons. The minimum Gasteiger partial charge on any atom is -0.507 e. The van der Waals surface area contributed by atoms with Gasteiger partial charge in [0.15, 0.2) is 5.78 Å². The van der Waals surface area contributed by atoms with E-state index in [1.165, 1.54) is 6.08 Å².